The molecule has 5 atom stereocenters. The number of amides is 2. The first-order chi connectivity index (χ1) is 20.0. The van der Waals surface area contributed by atoms with E-state index in [9.17, 15) is 14.7 Å². The Balaban J connectivity index is 1.25. The van der Waals surface area contributed by atoms with Crippen molar-refractivity contribution in [1.29, 1.82) is 0 Å². The van der Waals surface area contributed by atoms with Gasteiger partial charge in [-0.1, -0.05) is 30.3 Å². The summed E-state index contributed by atoms with van der Waals surface area (Å²) in [6, 6.07) is 12.3. The van der Waals surface area contributed by atoms with Crippen molar-refractivity contribution in [1.82, 2.24) is 35.1 Å². The molecule has 2 saturated heterocycles. The summed E-state index contributed by atoms with van der Waals surface area (Å²) in [7, 11) is 0. The molecule has 212 valence electrons. The Bertz CT molecular complexity index is 1550. The zero-order valence-corrected chi connectivity index (χ0v) is 22.0. The maximum absolute atomic E-state index is 12.1. The summed E-state index contributed by atoms with van der Waals surface area (Å²) in [5.41, 5.74) is 2.28. The minimum atomic E-state index is -1.04. The number of anilines is 1. The van der Waals surface area contributed by atoms with Crippen molar-refractivity contribution >= 4 is 29.0 Å². The van der Waals surface area contributed by atoms with E-state index < -0.39 is 42.8 Å². The monoisotopic (exact) mass is 560 g/mol. The second-order valence-electron chi connectivity index (χ2n) is 9.47. The molecule has 0 bridgehead atoms. The minimum absolute atomic E-state index is 0.134. The lowest BCUT2D eigenvalue weighted by atomic mass is 10.1. The normalized spacial score (nSPS) is 23.4. The Morgan fingerprint density at radius 1 is 1.00 bits per heavy atom. The first-order valence-corrected chi connectivity index (χ1v) is 13.1. The molecule has 4 N–H and O–H groups in total. The highest BCUT2D eigenvalue weighted by atomic mass is 16.8. The van der Waals surface area contributed by atoms with Crippen molar-refractivity contribution in [2.75, 3.05) is 18.4 Å². The summed E-state index contributed by atoms with van der Waals surface area (Å²) in [5, 5.41) is 18.1. The van der Waals surface area contributed by atoms with Crippen LogP contribution in [0.5, 0.6) is 0 Å². The van der Waals surface area contributed by atoms with Crippen LogP contribution >= 0.6 is 0 Å². The van der Waals surface area contributed by atoms with Crippen LogP contribution in [0.15, 0.2) is 61.3 Å². The Labute approximate surface area is 234 Å². The SMILES string of the molecule is CCNC(=O)Nc1ncnc2c1ncn2C1OC(CNCc2ncccc2C(=O)O)C2O[C@H](c3ccccc3)OC21. The number of urea groups is 1. The minimum Gasteiger partial charge on any atom is -0.478 e. The number of aromatic carboxylic acids is 1. The number of hydrogen-bond acceptors (Lipinski definition) is 10. The van der Waals surface area contributed by atoms with Crippen LogP contribution in [-0.2, 0) is 20.8 Å². The lowest BCUT2D eigenvalue weighted by Crippen LogP contribution is -2.36. The van der Waals surface area contributed by atoms with Gasteiger partial charge in [0.2, 0.25) is 0 Å². The standard InChI is InChI=1S/C27H28N8O6/c1-2-29-27(38)34-22-19-23(32-13-31-22)35(14-33-19)24-21-20(40-26(41-21)15-7-4-3-5-8-15)18(39-24)12-28-11-17-16(25(36)37)9-6-10-30-17/h3-10,13-14,18,20-21,24,26,28H,2,11-12H2,1H3,(H,36,37)(H2,29,31,32,34,38)/t18?,20?,21?,24?,26-/m0/s1. The van der Waals surface area contributed by atoms with Crippen molar-refractivity contribution in [3.63, 3.8) is 0 Å². The van der Waals surface area contributed by atoms with Crippen molar-refractivity contribution in [3.8, 4) is 0 Å². The van der Waals surface area contributed by atoms with E-state index in [0.717, 1.165) is 5.56 Å². The highest BCUT2D eigenvalue weighted by molar-refractivity contribution is 5.95. The second kappa shape index (κ2) is 11.5. The lowest BCUT2D eigenvalue weighted by molar-refractivity contribution is -0.146. The van der Waals surface area contributed by atoms with E-state index in [0.29, 0.717) is 29.9 Å². The molecule has 4 unspecified atom stereocenters. The number of rotatable bonds is 9. The zero-order chi connectivity index (χ0) is 28.3. The Kier molecular flexibility index (Phi) is 7.52. The number of aromatic nitrogens is 5. The van der Waals surface area contributed by atoms with Gasteiger partial charge in [-0.25, -0.2) is 24.5 Å². The van der Waals surface area contributed by atoms with Crippen LogP contribution in [0, 0.1) is 0 Å². The van der Waals surface area contributed by atoms with E-state index in [1.54, 1.807) is 23.2 Å². The Morgan fingerprint density at radius 3 is 2.63 bits per heavy atom. The van der Waals surface area contributed by atoms with E-state index in [4.69, 9.17) is 14.2 Å². The number of imidazole rings is 1. The van der Waals surface area contributed by atoms with Crippen LogP contribution in [0.25, 0.3) is 11.2 Å². The molecular weight excluding hydrogens is 532 g/mol. The van der Waals surface area contributed by atoms with Gasteiger partial charge in [0.05, 0.1) is 17.6 Å². The third-order valence-corrected chi connectivity index (χ3v) is 6.88. The molecule has 5 heterocycles. The van der Waals surface area contributed by atoms with Gasteiger partial charge in [-0.15, -0.1) is 0 Å². The van der Waals surface area contributed by atoms with Crippen LogP contribution in [0.1, 0.15) is 41.1 Å². The summed E-state index contributed by atoms with van der Waals surface area (Å²) in [6.07, 6.45) is 1.81. The first kappa shape index (κ1) is 26.7. The fraction of sp³-hybridized carbons (Fsp3) is 0.333. The molecule has 0 spiro atoms. The molecule has 0 saturated carbocycles. The summed E-state index contributed by atoms with van der Waals surface area (Å²) < 4.78 is 21.0. The molecule has 6 rings (SSSR count). The number of carbonyl (C=O) groups is 2. The van der Waals surface area contributed by atoms with Gasteiger partial charge < -0.3 is 30.0 Å². The van der Waals surface area contributed by atoms with Crippen molar-refractivity contribution in [2.24, 2.45) is 0 Å². The Hall–Kier alpha value is -4.50. The highest BCUT2D eigenvalue weighted by Gasteiger charge is 2.53. The third-order valence-electron chi connectivity index (χ3n) is 6.88. The lowest BCUT2D eigenvalue weighted by Gasteiger charge is -2.21. The average molecular weight is 561 g/mol. The molecular formula is C27H28N8O6. The number of ether oxygens (including phenoxy) is 3. The van der Waals surface area contributed by atoms with E-state index in [1.165, 1.54) is 12.4 Å². The van der Waals surface area contributed by atoms with Crippen LogP contribution in [0.3, 0.4) is 0 Å². The molecule has 1 aromatic carbocycles. The molecule has 14 heteroatoms. The van der Waals surface area contributed by atoms with Gasteiger partial charge in [0.15, 0.2) is 29.5 Å². The number of benzene rings is 1. The van der Waals surface area contributed by atoms with Gasteiger partial charge in [0.1, 0.15) is 24.6 Å². The summed E-state index contributed by atoms with van der Waals surface area (Å²) in [4.78, 5) is 41.0. The molecule has 3 aromatic heterocycles. The number of carboxylic acids is 1. The summed E-state index contributed by atoms with van der Waals surface area (Å²) in [6.45, 7) is 2.84. The summed E-state index contributed by atoms with van der Waals surface area (Å²) in [5.74, 6) is -0.775. The quantitative estimate of drug-likeness (QED) is 0.236. The maximum Gasteiger partial charge on any atom is 0.337 e. The smallest absolute Gasteiger partial charge is 0.337 e. The largest absolute Gasteiger partial charge is 0.478 e. The average Bonchev–Trinajstić information content (AvgIpc) is 3.69. The molecule has 2 fully saturated rings. The van der Waals surface area contributed by atoms with Crippen molar-refractivity contribution in [3.05, 3.63) is 78.1 Å². The molecule has 2 amide bonds. The van der Waals surface area contributed by atoms with Crippen molar-refractivity contribution < 1.29 is 28.9 Å². The van der Waals surface area contributed by atoms with Gasteiger partial charge in [-0.2, -0.15) is 0 Å². The predicted octanol–water partition coefficient (Wildman–Crippen LogP) is 2.23. The molecule has 0 aliphatic carbocycles. The molecule has 41 heavy (non-hydrogen) atoms. The van der Waals surface area contributed by atoms with Gasteiger partial charge >= 0.3 is 12.0 Å². The number of fused-ring (bicyclic) bond motifs is 2. The van der Waals surface area contributed by atoms with Gasteiger partial charge in [0, 0.05) is 31.4 Å². The Morgan fingerprint density at radius 2 is 1.83 bits per heavy atom. The number of nitrogens with one attached hydrogen (secondary N) is 3. The number of carbonyl (C=O) groups excluding carboxylic acids is 1. The molecule has 4 aromatic rings. The molecule has 2 aliphatic rings. The highest BCUT2D eigenvalue weighted by Crippen LogP contribution is 2.44. The zero-order valence-electron chi connectivity index (χ0n) is 22.0. The van der Waals surface area contributed by atoms with Crippen LogP contribution in [0.2, 0.25) is 0 Å². The number of carboxylic acid groups (broad SMARTS) is 1. The van der Waals surface area contributed by atoms with E-state index in [2.05, 4.69) is 35.9 Å². The topological polar surface area (TPSA) is 175 Å². The fourth-order valence-corrected chi connectivity index (χ4v) is 5.04. The molecule has 0 radical (unpaired) electrons. The molecule has 2 aliphatic heterocycles. The number of hydrogen-bond donors (Lipinski definition) is 4. The van der Waals surface area contributed by atoms with Crippen LogP contribution in [0.4, 0.5) is 10.6 Å². The second-order valence-corrected chi connectivity index (χ2v) is 9.47. The third kappa shape index (κ3) is 5.32. The van der Waals surface area contributed by atoms with Crippen LogP contribution in [-0.4, -0.2) is 73.0 Å². The van der Waals surface area contributed by atoms with E-state index in [1.807, 2.05) is 37.3 Å². The van der Waals surface area contributed by atoms with Gasteiger partial charge in [0.25, 0.3) is 0 Å². The van der Waals surface area contributed by atoms with Crippen LogP contribution < -0.4 is 16.0 Å². The number of nitrogens with zero attached hydrogens (tertiary/aromatic N) is 5. The first-order valence-electron chi connectivity index (χ1n) is 13.1. The number of pyridine rings is 1. The van der Waals surface area contributed by atoms with Gasteiger partial charge in [-0.05, 0) is 19.1 Å². The van der Waals surface area contributed by atoms with E-state index >= 15 is 0 Å². The fourth-order valence-electron chi connectivity index (χ4n) is 5.04. The predicted molar refractivity (Wildman–Crippen MR) is 144 cm³/mol. The molecule has 14 nitrogen and oxygen atoms in total. The summed E-state index contributed by atoms with van der Waals surface area (Å²) >= 11 is 0. The van der Waals surface area contributed by atoms with Gasteiger partial charge in [-0.3, -0.25) is 14.9 Å². The maximum atomic E-state index is 12.1. The van der Waals surface area contributed by atoms with E-state index in [-0.39, 0.29) is 17.9 Å². The van der Waals surface area contributed by atoms with Crippen molar-refractivity contribution in [2.45, 2.75) is 44.3 Å².